The zero-order chi connectivity index (χ0) is 10.8. The fraction of sp³-hybridized carbons (Fsp3) is 0.182. The van der Waals surface area contributed by atoms with Crippen molar-refractivity contribution in [3.63, 3.8) is 0 Å². The van der Waals surface area contributed by atoms with E-state index < -0.39 is 0 Å². The van der Waals surface area contributed by atoms with Crippen molar-refractivity contribution in [2.45, 2.75) is 6.04 Å². The Morgan fingerprint density at radius 3 is 2.73 bits per heavy atom. The van der Waals surface area contributed by atoms with E-state index in [1.54, 1.807) is 6.20 Å². The first-order valence-electron chi connectivity index (χ1n) is 4.67. The Morgan fingerprint density at radius 1 is 1.40 bits per heavy atom. The van der Waals surface area contributed by atoms with Gasteiger partial charge < -0.3 is 10.3 Å². The molecule has 3 nitrogen and oxygen atoms in total. The van der Waals surface area contributed by atoms with Gasteiger partial charge in [-0.05, 0) is 11.6 Å². The van der Waals surface area contributed by atoms with Gasteiger partial charge >= 0.3 is 0 Å². The number of aryl methyl sites for hydroxylation is 1. The van der Waals surface area contributed by atoms with E-state index in [4.69, 9.17) is 17.3 Å². The number of imidazole rings is 1. The summed E-state index contributed by atoms with van der Waals surface area (Å²) >= 11 is 6.07. The van der Waals surface area contributed by atoms with Gasteiger partial charge in [-0.15, -0.1) is 0 Å². The van der Waals surface area contributed by atoms with Crippen molar-refractivity contribution in [3.8, 4) is 0 Å². The molecule has 0 aliphatic rings. The Hall–Kier alpha value is -1.32. The van der Waals surface area contributed by atoms with Gasteiger partial charge in [0.1, 0.15) is 5.82 Å². The third kappa shape index (κ3) is 1.89. The van der Waals surface area contributed by atoms with Crippen molar-refractivity contribution in [2.75, 3.05) is 0 Å². The minimum Gasteiger partial charge on any atom is -0.336 e. The van der Waals surface area contributed by atoms with Crippen LogP contribution < -0.4 is 5.73 Å². The molecule has 2 N–H and O–H groups in total. The Morgan fingerprint density at radius 2 is 2.13 bits per heavy atom. The average Bonchev–Trinajstić information content (AvgIpc) is 2.64. The number of nitrogens with zero attached hydrogens (tertiary/aromatic N) is 2. The van der Waals surface area contributed by atoms with Crippen molar-refractivity contribution in [3.05, 3.63) is 53.1 Å². The van der Waals surface area contributed by atoms with Crippen molar-refractivity contribution in [2.24, 2.45) is 12.8 Å². The predicted octanol–water partition coefficient (Wildman–Crippen LogP) is 2.12. The van der Waals surface area contributed by atoms with Gasteiger partial charge in [-0.25, -0.2) is 4.98 Å². The molecule has 0 unspecified atom stereocenters. The molecule has 0 saturated carbocycles. The Bertz CT molecular complexity index is 464. The Balaban J connectivity index is 2.41. The van der Waals surface area contributed by atoms with E-state index in [1.807, 2.05) is 42.1 Å². The molecule has 15 heavy (non-hydrogen) atoms. The molecular weight excluding hydrogens is 210 g/mol. The van der Waals surface area contributed by atoms with Crippen molar-refractivity contribution in [1.29, 1.82) is 0 Å². The first-order chi connectivity index (χ1) is 7.20. The number of halogens is 1. The van der Waals surface area contributed by atoms with Gasteiger partial charge in [-0.1, -0.05) is 29.8 Å². The molecule has 0 radical (unpaired) electrons. The third-order valence-corrected chi connectivity index (χ3v) is 2.72. The minimum absolute atomic E-state index is 0.279. The number of nitrogens with two attached hydrogens (primary N) is 1. The Kier molecular flexibility index (Phi) is 2.75. The lowest BCUT2D eigenvalue weighted by Crippen LogP contribution is -2.16. The summed E-state index contributed by atoms with van der Waals surface area (Å²) in [6.45, 7) is 0. The van der Waals surface area contributed by atoms with Crippen LogP contribution in [0.4, 0.5) is 0 Å². The SMILES string of the molecule is Cn1ccnc1[C@H](N)c1ccccc1Cl. The Labute approximate surface area is 93.5 Å². The van der Waals surface area contributed by atoms with Crippen LogP contribution in [0.3, 0.4) is 0 Å². The lowest BCUT2D eigenvalue weighted by molar-refractivity contribution is 0.717. The molecular formula is C11H12ClN3. The molecule has 0 aliphatic heterocycles. The van der Waals surface area contributed by atoms with Crippen LogP contribution in [-0.4, -0.2) is 9.55 Å². The lowest BCUT2D eigenvalue weighted by Gasteiger charge is -2.13. The molecule has 0 amide bonds. The second-order valence-electron chi connectivity index (χ2n) is 3.40. The molecule has 1 aromatic carbocycles. The summed E-state index contributed by atoms with van der Waals surface area (Å²) in [7, 11) is 1.92. The normalized spacial score (nSPS) is 12.7. The van der Waals surface area contributed by atoms with Crippen LogP contribution in [0.2, 0.25) is 5.02 Å². The number of hydrogen-bond donors (Lipinski definition) is 1. The average molecular weight is 222 g/mol. The van der Waals surface area contributed by atoms with E-state index in [9.17, 15) is 0 Å². The predicted molar refractivity (Wildman–Crippen MR) is 60.7 cm³/mol. The van der Waals surface area contributed by atoms with Crippen LogP contribution >= 0.6 is 11.6 Å². The molecule has 0 saturated heterocycles. The minimum atomic E-state index is -0.279. The summed E-state index contributed by atoms with van der Waals surface area (Å²) in [6, 6.07) is 7.28. The van der Waals surface area contributed by atoms with Crippen molar-refractivity contribution < 1.29 is 0 Å². The van der Waals surface area contributed by atoms with Crippen LogP contribution in [0.1, 0.15) is 17.4 Å². The molecule has 2 rings (SSSR count). The van der Waals surface area contributed by atoms with Crippen molar-refractivity contribution in [1.82, 2.24) is 9.55 Å². The van der Waals surface area contributed by atoms with Crippen LogP contribution in [0.15, 0.2) is 36.7 Å². The summed E-state index contributed by atoms with van der Waals surface area (Å²) in [5.74, 6) is 0.808. The standard InChI is InChI=1S/C11H12ClN3/c1-15-7-6-14-11(15)10(13)8-4-2-3-5-9(8)12/h2-7,10H,13H2,1H3/t10-/m1/s1. The third-order valence-electron chi connectivity index (χ3n) is 2.38. The lowest BCUT2D eigenvalue weighted by atomic mass is 10.1. The number of benzene rings is 1. The van der Waals surface area contributed by atoms with Gasteiger partial charge in [0, 0.05) is 24.5 Å². The van der Waals surface area contributed by atoms with Gasteiger partial charge in [-0.2, -0.15) is 0 Å². The molecule has 2 aromatic rings. The fourth-order valence-corrected chi connectivity index (χ4v) is 1.80. The second kappa shape index (κ2) is 4.04. The summed E-state index contributed by atoms with van der Waals surface area (Å²) in [5, 5.41) is 0.674. The summed E-state index contributed by atoms with van der Waals surface area (Å²) < 4.78 is 1.90. The first-order valence-corrected chi connectivity index (χ1v) is 5.05. The smallest absolute Gasteiger partial charge is 0.130 e. The highest BCUT2D eigenvalue weighted by molar-refractivity contribution is 6.31. The maximum absolute atomic E-state index is 6.09. The molecule has 0 fully saturated rings. The van der Waals surface area contributed by atoms with Gasteiger partial charge in [0.05, 0.1) is 6.04 Å². The number of hydrogen-bond acceptors (Lipinski definition) is 2. The molecule has 1 atom stereocenters. The van der Waals surface area contributed by atoms with E-state index >= 15 is 0 Å². The maximum Gasteiger partial charge on any atom is 0.130 e. The zero-order valence-corrected chi connectivity index (χ0v) is 9.15. The number of aromatic nitrogens is 2. The molecule has 1 aromatic heterocycles. The molecule has 78 valence electrons. The molecule has 0 bridgehead atoms. The van der Waals surface area contributed by atoms with Crippen LogP contribution in [-0.2, 0) is 7.05 Å². The maximum atomic E-state index is 6.09. The quantitative estimate of drug-likeness (QED) is 0.844. The second-order valence-corrected chi connectivity index (χ2v) is 3.80. The first kappa shape index (κ1) is 10.2. The van der Waals surface area contributed by atoms with Gasteiger partial charge in [0.2, 0.25) is 0 Å². The van der Waals surface area contributed by atoms with Gasteiger partial charge in [-0.3, -0.25) is 0 Å². The van der Waals surface area contributed by atoms with Crippen LogP contribution in [0.5, 0.6) is 0 Å². The molecule has 0 aliphatic carbocycles. The largest absolute Gasteiger partial charge is 0.336 e. The van der Waals surface area contributed by atoms with Gasteiger partial charge in [0.15, 0.2) is 0 Å². The molecule has 1 heterocycles. The summed E-state index contributed by atoms with van der Waals surface area (Å²) in [6.07, 6.45) is 3.60. The van der Waals surface area contributed by atoms with E-state index in [-0.39, 0.29) is 6.04 Å². The fourth-order valence-electron chi connectivity index (χ4n) is 1.54. The zero-order valence-electron chi connectivity index (χ0n) is 8.39. The summed E-state index contributed by atoms with van der Waals surface area (Å²) in [5.41, 5.74) is 6.99. The topological polar surface area (TPSA) is 43.8 Å². The highest BCUT2D eigenvalue weighted by Crippen LogP contribution is 2.24. The monoisotopic (exact) mass is 221 g/mol. The highest BCUT2D eigenvalue weighted by Gasteiger charge is 2.15. The molecule has 4 heteroatoms. The number of rotatable bonds is 2. The van der Waals surface area contributed by atoms with Gasteiger partial charge in [0.25, 0.3) is 0 Å². The van der Waals surface area contributed by atoms with E-state index in [0.717, 1.165) is 11.4 Å². The van der Waals surface area contributed by atoms with E-state index in [0.29, 0.717) is 5.02 Å². The van der Waals surface area contributed by atoms with E-state index in [2.05, 4.69) is 4.98 Å². The van der Waals surface area contributed by atoms with Crippen LogP contribution in [0.25, 0.3) is 0 Å². The summed E-state index contributed by atoms with van der Waals surface area (Å²) in [4.78, 5) is 4.21. The van der Waals surface area contributed by atoms with Crippen LogP contribution in [0, 0.1) is 0 Å². The highest BCUT2D eigenvalue weighted by atomic mass is 35.5. The van der Waals surface area contributed by atoms with Crippen molar-refractivity contribution >= 4 is 11.6 Å². The molecule has 0 spiro atoms. The van der Waals surface area contributed by atoms with E-state index in [1.165, 1.54) is 0 Å².